The molecule has 1 heterocycles. The van der Waals surface area contributed by atoms with Gasteiger partial charge in [0.15, 0.2) is 0 Å². The Morgan fingerprint density at radius 1 is 1.29 bits per heavy atom. The van der Waals surface area contributed by atoms with Gasteiger partial charge in [0, 0.05) is 36.1 Å². The van der Waals surface area contributed by atoms with Crippen LogP contribution < -0.4 is 10.6 Å². The monoisotopic (exact) mass is 283 g/mol. The van der Waals surface area contributed by atoms with Gasteiger partial charge in [-0.15, -0.1) is 0 Å². The van der Waals surface area contributed by atoms with E-state index in [9.17, 15) is 10.1 Å². The van der Waals surface area contributed by atoms with Crippen LogP contribution in [0.15, 0.2) is 36.4 Å². The maximum Gasteiger partial charge on any atom is 0.274 e. The largest absolute Gasteiger partial charge is 0.384 e. The lowest BCUT2D eigenvalue weighted by atomic mass is 10.1. The van der Waals surface area contributed by atoms with E-state index in [0.29, 0.717) is 12.1 Å². The fourth-order valence-electron chi connectivity index (χ4n) is 2.76. The third-order valence-corrected chi connectivity index (χ3v) is 3.90. The van der Waals surface area contributed by atoms with Crippen molar-refractivity contribution < 1.29 is 4.92 Å². The number of nitrogens with zero attached hydrogens (tertiary/aromatic N) is 1. The quantitative estimate of drug-likeness (QED) is 0.666. The molecule has 108 valence electrons. The van der Waals surface area contributed by atoms with Crippen molar-refractivity contribution in [1.82, 2.24) is 0 Å². The SMILES string of the molecule is Cc1c(NCc2cccc3c2NCC3)cccc1[N+](=O)[O-]. The smallest absolute Gasteiger partial charge is 0.274 e. The zero-order valence-electron chi connectivity index (χ0n) is 11.8. The van der Waals surface area contributed by atoms with Gasteiger partial charge in [-0.1, -0.05) is 24.3 Å². The average Bonchev–Trinajstić information content (AvgIpc) is 2.95. The summed E-state index contributed by atoms with van der Waals surface area (Å²) in [7, 11) is 0. The van der Waals surface area contributed by atoms with Crippen LogP contribution in [0.5, 0.6) is 0 Å². The third kappa shape index (κ3) is 2.54. The predicted molar refractivity (Wildman–Crippen MR) is 83.8 cm³/mol. The fraction of sp³-hybridized carbons (Fsp3) is 0.250. The fourth-order valence-corrected chi connectivity index (χ4v) is 2.76. The van der Waals surface area contributed by atoms with Gasteiger partial charge in [0.1, 0.15) is 0 Å². The van der Waals surface area contributed by atoms with Gasteiger partial charge in [-0.2, -0.15) is 0 Å². The van der Waals surface area contributed by atoms with Crippen LogP contribution in [0.4, 0.5) is 17.1 Å². The number of nitro groups is 1. The van der Waals surface area contributed by atoms with Gasteiger partial charge in [-0.3, -0.25) is 10.1 Å². The second-order valence-electron chi connectivity index (χ2n) is 5.19. The Morgan fingerprint density at radius 2 is 2.10 bits per heavy atom. The molecule has 21 heavy (non-hydrogen) atoms. The Kier molecular flexibility index (Phi) is 3.48. The second kappa shape index (κ2) is 5.44. The molecule has 3 rings (SSSR count). The van der Waals surface area contributed by atoms with Gasteiger partial charge in [0.2, 0.25) is 0 Å². The number of rotatable bonds is 4. The minimum Gasteiger partial charge on any atom is -0.384 e. The molecule has 1 aliphatic heterocycles. The first kappa shape index (κ1) is 13.4. The molecular formula is C16H17N3O2. The van der Waals surface area contributed by atoms with Crippen molar-refractivity contribution in [2.24, 2.45) is 0 Å². The maximum absolute atomic E-state index is 11.0. The van der Waals surface area contributed by atoms with Gasteiger partial charge in [0.05, 0.1) is 4.92 Å². The molecule has 0 bridgehead atoms. The number of benzene rings is 2. The molecule has 0 aromatic heterocycles. The number of nitro benzene ring substituents is 1. The molecule has 0 saturated carbocycles. The van der Waals surface area contributed by atoms with E-state index in [-0.39, 0.29) is 10.6 Å². The molecule has 2 N–H and O–H groups in total. The Bertz CT molecular complexity index is 698. The summed E-state index contributed by atoms with van der Waals surface area (Å²) in [5, 5.41) is 17.7. The summed E-state index contributed by atoms with van der Waals surface area (Å²) < 4.78 is 0. The first-order chi connectivity index (χ1) is 10.2. The molecule has 0 amide bonds. The molecule has 5 nitrogen and oxygen atoms in total. The van der Waals surface area contributed by atoms with Gasteiger partial charge in [0.25, 0.3) is 5.69 Å². The van der Waals surface area contributed by atoms with Crippen LogP contribution in [-0.2, 0) is 13.0 Å². The Hall–Kier alpha value is -2.56. The van der Waals surface area contributed by atoms with Gasteiger partial charge in [-0.05, 0) is 30.5 Å². The van der Waals surface area contributed by atoms with Crippen molar-refractivity contribution in [2.75, 3.05) is 17.2 Å². The lowest BCUT2D eigenvalue weighted by Gasteiger charge is -2.12. The number of hydrogen-bond donors (Lipinski definition) is 2. The minimum absolute atomic E-state index is 0.149. The Morgan fingerprint density at radius 3 is 2.90 bits per heavy atom. The predicted octanol–water partition coefficient (Wildman–Crippen LogP) is 3.48. The maximum atomic E-state index is 11.0. The summed E-state index contributed by atoms with van der Waals surface area (Å²) in [6, 6.07) is 11.4. The lowest BCUT2D eigenvalue weighted by Crippen LogP contribution is -2.05. The van der Waals surface area contributed by atoms with E-state index in [1.165, 1.54) is 22.9 Å². The van der Waals surface area contributed by atoms with Crippen molar-refractivity contribution in [1.29, 1.82) is 0 Å². The molecule has 0 fully saturated rings. The van der Waals surface area contributed by atoms with Crippen LogP contribution in [0.3, 0.4) is 0 Å². The van der Waals surface area contributed by atoms with Crippen LogP contribution in [0.1, 0.15) is 16.7 Å². The number of hydrogen-bond acceptors (Lipinski definition) is 4. The molecule has 2 aromatic rings. The lowest BCUT2D eigenvalue weighted by molar-refractivity contribution is -0.385. The van der Waals surface area contributed by atoms with Crippen LogP contribution in [0.2, 0.25) is 0 Å². The van der Waals surface area contributed by atoms with E-state index >= 15 is 0 Å². The van der Waals surface area contributed by atoms with Crippen LogP contribution in [0, 0.1) is 17.0 Å². The number of fused-ring (bicyclic) bond motifs is 1. The third-order valence-electron chi connectivity index (χ3n) is 3.90. The summed E-state index contributed by atoms with van der Waals surface area (Å²) in [6.07, 6.45) is 1.05. The van der Waals surface area contributed by atoms with Crippen LogP contribution >= 0.6 is 0 Å². The molecule has 1 aliphatic rings. The molecular weight excluding hydrogens is 266 g/mol. The van der Waals surface area contributed by atoms with Crippen molar-refractivity contribution in [3.63, 3.8) is 0 Å². The molecule has 0 aliphatic carbocycles. The van der Waals surface area contributed by atoms with Crippen LogP contribution in [-0.4, -0.2) is 11.5 Å². The zero-order chi connectivity index (χ0) is 14.8. The Balaban J connectivity index is 1.82. The van der Waals surface area contributed by atoms with E-state index in [1.807, 2.05) is 6.07 Å². The first-order valence-corrected chi connectivity index (χ1v) is 6.99. The molecule has 0 atom stereocenters. The van der Waals surface area contributed by atoms with Crippen molar-refractivity contribution in [2.45, 2.75) is 19.9 Å². The van der Waals surface area contributed by atoms with Crippen molar-refractivity contribution >= 4 is 17.1 Å². The highest BCUT2D eigenvalue weighted by molar-refractivity contribution is 5.64. The Labute approximate surface area is 123 Å². The molecule has 0 saturated heterocycles. The molecule has 0 spiro atoms. The van der Waals surface area contributed by atoms with E-state index in [0.717, 1.165) is 18.7 Å². The van der Waals surface area contributed by atoms with E-state index in [4.69, 9.17) is 0 Å². The van der Waals surface area contributed by atoms with Gasteiger partial charge in [-0.25, -0.2) is 0 Å². The summed E-state index contributed by atoms with van der Waals surface area (Å²) in [5.74, 6) is 0. The molecule has 2 aromatic carbocycles. The number of anilines is 2. The van der Waals surface area contributed by atoms with Gasteiger partial charge >= 0.3 is 0 Å². The highest BCUT2D eigenvalue weighted by Gasteiger charge is 2.15. The topological polar surface area (TPSA) is 67.2 Å². The second-order valence-corrected chi connectivity index (χ2v) is 5.19. The first-order valence-electron chi connectivity index (χ1n) is 6.99. The van der Waals surface area contributed by atoms with E-state index in [2.05, 4.69) is 28.8 Å². The summed E-state index contributed by atoms with van der Waals surface area (Å²) >= 11 is 0. The normalized spacial score (nSPS) is 12.6. The highest BCUT2D eigenvalue weighted by Crippen LogP contribution is 2.29. The molecule has 5 heteroatoms. The van der Waals surface area contributed by atoms with E-state index < -0.39 is 0 Å². The average molecular weight is 283 g/mol. The van der Waals surface area contributed by atoms with Gasteiger partial charge < -0.3 is 10.6 Å². The number of para-hydroxylation sites is 1. The summed E-state index contributed by atoms with van der Waals surface area (Å²) in [4.78, 5) is 10.6. The zero-order valence-corrected chi connectivity index (χ0v) is 11.8. The number of nitrogens with one attached hydrogen (secondary N) is 2. The minimum atomic E-state index is -0.345. The van der Waals surface area contributed by atoms with Crippen molar-refractivity contribution in [3.8, 4) is 0 Å². The highest BCUT2D eigenvalue weighted by atomic mass is 16.6. The van der Waals surface area contributed by atoms with Crippen LogP contribution in [0.25, 0.3) is 0 Å². The standard InChI is InChI=1S/C16H17N3O2/c1-11-14(6-3-7-15(11)19(20)21)18-10-13-5-2-4-12-8-9-17-16(12)13/h2-7,17-18H,8-10H2,1H3. The van der Waals surface area contributed by atoms with E-state index in [1.54, 1.807) is 13.0 Å². The summed E-state index contributed by atoms with van der Waals surface area (Å²) in [6.45, 7) is 3.40. The summed E-state index contributed by atoms with van der Waals surface area (Å²) in [5.41, 5.74) is 5.35. The van der Waals surface area contributed by atoms with Crippen molar-refractivity contribution in [3.05, 3.63) is 63.2 Å². The molecule has 0 radical (unpaired) electrons. The molecule has 0 unspecified atom stereocenters.